The summed E-state index contributed by atoms with van der Waals surface area (Å²) in [7, 11) is 0. The highest BCUT2D eigenvalue weighted by atomic mass is 14.9. The van der Waals surface area contributed by atoms with Crippen molar-refractivity contribution in [2.24, 2.45) is 0 Å². The highest BCUT2D eigenvalue weighted by Gasteiger charge is 2.22. The van der Waals surface area contributed by atoms with E-state index in [2.05, 4.69) is 26.1 Å². The van der Waals surface area contributed by atoms with E-state index in [9.17, 15) is 0 Å². The summed E-state index contributed by atoms with van der Waals surface area (Å²) < 4.78 is 0. The van der Waals surface area contributed by atoms with E-state index in [0.717, 1.165) is 38.2 Å². The molecule has 0 radical (unpaired) electrons. The lowest BCUT2D eigenvalue weighted by molar-refractivity contribution is 0.641. The number of nitrogens with one attached hydrogen (secondary N) is 1. The van der Waals surface area contributed by atoms with Crippen LogP contribution >= 0.6 is 0 Å². The van der Waals surface area contributed by atoms with Crippen molar-refractivity contribution in [3.8, 4) is 0 Å². The summed E-state index contributed by atoms with van der Waals surface area (Å²) in [6, 6.07) is 0. The molecular formula is C17H29N3. The van der Waals surface area contributed by atoms with Gasteiger partial charge in [0.25, 0.3) is 0 Å². The molecule has 0 amide bonds. The highest BCUT2D eigenvalue weighted by Crippen LogP contribution is 2.33. The number of hydrogen-bond acceptors (Lipinski definition) is 3. The van der Waals surface area contributed by atoms with Crippen LogP contribution in [0.25, 0.3) is 0 Å². The van der Waals surface area contributed by atoms with Crippen LogP contribution in [0.5, 0.6) is 0 Å². The van der Waals surface area contributed by atoms with Gasteiger partial charge >= 0.3 is 0 Å². The standard InChI is InChI=1S/C17H29N3/c1-4-15-14(11-12-18-6-3)16(5-2)20-17(19-15)13-9-7-8-10-13/h13,18H,4-12H2,1-3H3. The van der Waals surface area contributed by atoms with Crippen molar-refractivity contribution in [2.45, 2.75) is 71.6 Å². The molecule has 3 heteroatoms. The van der Waals surface area contributed by atoms with E-state index in [1.807, 2.05) is 0 Å². The molecule has 3 nitrogen and oxygen atoms in total. The highest BCUT2D eigenvalue weighted by molar-refractivity contribution is 5.28. The first-order valence-electron chi connectivity index (χ1n) is 8.39. The molecule has 1 N–H and O–H groups in total. The number of aryl methyl sites for hydroxylation is 2. The molecule has 0 saturated heterocycles. The SMILES string of the molecule is CCNCCc1c(CC)nc(C2CCCC2)nc1CC. The lowest BCUT2D eigenvalue weighted by atomic mass is 10.0. The predicted octanol–water partition coefficient (Wildman–Crippen LogP) is 3.41. The van der Waals surface area contributed by atoms with Crippen molar-refractivity contribution in [3.63, 3.8) is 0 Å². The summed E-state index contributed by atoms with van der Waals surface area (Å²) in [5.74, 6) is 1.75. The molecule has 1 aromatic rings. The zero-order valence-corrected chi connectivity index (χ0v) is 13.3. The van der Waals surface area contributed by atoms with Gasteiger partial charge in [-0.3, -0.25) is 0 Å². The van der Waals surface area contributed by atoms with Gasteiger partial charge in [0.2, 0.25) is 0 Å². The Bertz CT molecular complexity index is 397. The Labute approximate surface area is 123 Å². The average molecular weight is 275 g/mol. The van der Waals surface area contributed by atoms with Crippen molar-refractivity contribution in [1.29, 1.82) is 0 Å². The van der Waals surface area contributed by atoms with Crippen LogP contribution in [-0.4, -0.2) is 23.1 Å². The molecule has 1 aliphatic carbocycles. The Kier molecular flexibility index (Phi) is 5.96. The largest absolute Gasteiger partial charge is 0.317 e. The lowest BCUT2D eigenvalue weighted by Crippen LogP contribution is -2.19. The van der Waals surface area contributed by atoms with Gasteiger partial charge in [-0.1, -0.05) is 33.6 Å². The van der Waals surface area contributed by atoms with Crippen LogP contribution in [0.1, 0.15) is 75.1 Å². The van der Waals surface area contributed by atoms with Crippen LogP contribution < -0.4 is 5.32 Å². The normalized spacial score (nSPS) is 15.9. The third-order valence-corrected chi connectivity index (χ3v) is 4.39. The number of rotatable bonds is 7. The second-order valence-electron chi connectivity index (χ2n) is 5.75. The first-order chi connectivity index (χ1) is 9.80. The van der Waals surface area contributed by atoms with E-state index in [1.165, 1.54) is 42.6 Å². The molecule has 0 unspecified atom stereocenters. The van der Waals surface area contributed by atoms with Crippen molar-refractivity contribution >= 4 is 0 Å². The molecular weight excluding hydrogens is 246 g/mol. The van der Waals surface area contributed by atoms with Crippen molar-refractivity contribution < 1.29 is 0 Å². The molecule has 1 saturated carbocycles. The van der Waals surface area contributed by atoms with Crippen LogP contribution in [0.15, 0.2) is 0 Å². The Morgan fingerprint density at radius 1 is 1.00 bits per heavy atom. The minimum absolute atomic E-state index is 0.619. The third-order valence-electron chi connectivity index (χ3n) is 4.39. The lowest BCUT2D eigenvalue weighted by Gasteiger charge is -2.16. The van der Waals surface area contributed by atoms with E-state index >= 15 is 0 Å². The minimum atomic E-state index is 0.619. The molecule has 0 aromatic carbocycles. The summed E-state index contributed by atoms with van der Waals surface area (Å²) in [5.41, 5.74) is 3.98. The predicted molar refractivity (Wildman–Crippen MR) is 84.2 cm³/mol. The van der Waals surface area contributed by atoms with Gasteiger partial charge < -0.3 is 5.32 Å². The fraction of sp³-hybridized carbons (Fsp3) is 0.765. The molecule has 112 valence electrons. The monoisotopic (exact) mass is 275 g/mol. The topological polar surface area (TPSA) is 37.8 Å². The maximum atomic E-state index is 4.92. The van der Waals surface area contributed by atoms with Gasteiger partial charge in [0, 0.05) is 17.3 Å². The van der Waals surface area contributed by atoms with E-state index in [4.69, 9.17) is 9.97 Å². The van der Waals surface area contributed by atoms with E-state index < -0.39 is 0 Å². The van der Waals surface area contributed by atoms with Crippen LogP contribution in [0.2, 0.25) is 0 Å². The molecule has 1 aliphatic rings. The Morgan fingerprint density at radius 2 is 1.60 bits per heavy atom. The average Bonchev–Trinajstić information content (AvgIpc) is 3.01. The molecule has 0 aliphatic heterocycles. The number of hydrogen-bond donors (Lipinski definition) is 1. The maximum Gasteiger partial charge on any atom is 0.131 e. The van der Waals surface area contributed by atoms with Gasteiger partial charge in [-0.05, 0) is 50.8 Å². The van der Waals surface area contributed by atoms with Gasteiger partial charge in [-0.25, -0.2) is 9.97 Å². The zero-order valence-electron chi connectivity index (χ0n) is 13.3. The van der Waals surface area contributed by atoms with Gasteiger partial charge in [-0.15, -0.1) is 0 Å². The van der Waals surface area contributed by atoms with Crippen LogP contribution in [-0.2, 0) is 19.3 Å². The number of likely N-dealkylation sites (N-methyl/N-ethyl adjacent to an activating group) is 1. The number of aromatic nitrogens is 2. The van der Waals surface area contributed by atoms with Crippen molar-refractivity contribution in [1.82, 2.24) is 15.3 Å². The van der Waals surface area contributed by atoms with Crippen LogP contribution in [0, 0.1) is 0 Å². The molecule has 1 fully saturated rings. The molecule has 0 bridgehead atoms. The second-order valence-corrected chi connectivity index (χ2v) is 5.75. The van der Waals surface area contributed by atoms with Crippen LogP contribution in [0.4, 0.5) is 0 Å². The second kappa shape index (κ2) is 7.72. The number of nitrogens with zero attached hydrogens (tertiary/aromatic N) is 2. The summed E-state index contributed by atoms with van der Waals surface area (Å²) in [6.45, 7) is 8.65. The summed E-state index contributed by atoms with van der Waals surface area (Å²) in [4.78, 5) is 9.84. The fourth-order valence-corrected chi connectivity index (χ4v) is 3.23. The third kappa shape index (κ3) is 3.57. The molecule has 2 rings (SSSR count). The summed E-state index contributed by atoms with van der Waals surface area (Å²) >= 11 is 0. The van der Waals surface area contributed by atoms with Gasteiger partial charge in [-0.2, -0.15) is 0 Å². The molecule has 0 spiro atoms. The molecule has 0 atom stereocenters. The van der Waals surface area contributed by atoms with Crippen molar-refractivity contribution in [3.05, 3.63) is 22.8 Å². The Balaban J connectivity index is 2.25. The quantitative estimate of drug-likeness (QED) is 0.775. The summed E-state index contributed by atoms with van der Waals surface area (Å²) in [6.07, 6.45) is 8.36. The molecule has 1 heterocycles. The minimum Gasteiger partial charge on any atom is -0.317 e. The van der Waals surface area contributed by atoms with E-state index in [0.29, 0.717) is 5.92 Å². The van der Waals surface area contributed by atoms with E-state index in [-0.39, 0.29) is 0 Å². The van der Waals surface area contributed by atoms with Gasteiger partial charge in [0.15, 0.2) is 0 Å². The van der Waals surface area contributed by atoms with Gasteiger partial charge in [0.1, 0.15) is 5.82 Å². The van der Waals surface area contributed by atoms with Crippen LogP contribution in [0.3, 0.4) is 0 Å². The Hall–Kier alpha value is -0.960. The summed E-state index contributed by atoms with van der Waals surface area (Å²) in [5, 5.41) is 3.41. The first kappa shape index (κ1) is 15.4. The van der Waals surface area contributed by atoms with Gasteiger partial charge in [0.05, 0.1) is 0 Å². The zero-order chi connectivity index (χ0) is 14.4. The van der Waals surface area contributed by atoms with E-state index in [1.54, 1.807) is 0 Å². The molecule has 1 aromatic heterocycles. The van der Waals surface area contributed by atoms with Crippen molar-refractivity contribution in [2.75, 3.05) is 13.1 Å². The first-order valence-corrected chi connectivity index (χ1v) is 8.39. The smallest absolute Gasteiger partial charge is 0.131 e. The molecule has 20 heavy (non-hydrogen) atoms. The Morgan fingerprint density at radius 3 is 2.10 bits per heavy atom. The maximum absolute atomic E-state index is 4.92. The fourth-order valence-electron chi connectivity index (χ4n) is 3.23.